The molecule has 0 atom stereocenters. The lowest BCUT2D eigenvalue weighted by atomic mass is 10.1. The Bertz CT molecular complexity index is 1060. The van der Waals surface area contributed by atoms with E-state index in [0.29, 0.717) is 6.54 Å². The minimum absolute atomic E-state index is 0.690. The van der Waals surface area contributed by atoms with Crippen molar-refractivity contribution in [2.75, 3.05) is 0 Å². The Kier molecular flexibility index (Phi) is 4.45. The highest BCUT2D eigenvalue weighted by molar-refractivity contribution is 5.57. The van der Waals surface area contributed by atoms with Gasteiger partial charge in [0.1, 0.15) is 5.69 Å². The molecule has 2 aromatic carbocycles. The lowest BCUT2D eigenvalue weighted by Crippen LogP contribution is -2.04. The lowest BCUT2D eigenvalue weighted by Gasteiger charge is -2.07. The van der Waals surface area contributed by atoms with Crippen molar-refractivity contribution in [1.82, 2.24) is 30.0 Å². The summed E-state index contributed by atoms with van der Waals surface area (Å²) in [6.07, 6.45) is 7.80. The number of fused-ring (bicyclic) bond motifs is 1. The van der Waals surface area contributed by atoms with Crippen LogP contribution in [0.25, 0.3) is 16.9 Å². The number of benzene rings is 2. The number of nitrogens with zero attached hydrogens (tertiary/aromatic N) is 6. The highest BCUT2D eigenvalue weighted by Gasteiger charge is 2.16. The quantitative estimate of drug-likeness (QED) is 0.512. The minimum atomic E-state index is 0.690. The molecule has 0 aliphatic heterocycles. The maximum Gasteiger partial charge on any atom is 0.113 e. The van der Waals surface area contributed by atoms with E-state index < -0.39 is 0 Å². The number of hydrogen-bond donors (Lipinski definition) is 0. The Morgan fingerprint density at radius 1 is 0.786 bits per heavy atom. The van der Waals surface area contributed by atoms with Crippen LogP contribution < -0.4 is 0 Å². The molecule has 1 aliphatic carbocycles. The summed E-state index contributed by atoms with van der Waals surface area (Å²) in [5.74, 6) is 0. The zero-order valence-electron chi connectivity index (χ0n) is 15.7. The molecule has 0 saturated heterocycles. The van der Waals surface area contributed by atoms with E-state index in [1.165, 1.54) is 30.5 Å². The lowest BCUT2D eigenvalue weighted by molar-refractivity contribution is 0.649. The summed E-state index contributed by atoms with van der Waals surface area (Å²) in [7, 11) is 0. The van der Waals surface area contributed by atoms with Crippen LogP contribution in [0.5, 0.6) is 0 Å². The van der Waals surface area contributed by atoms with Crippen molar-refractivity contribution < 1.29 is 0 Å². The van der Waals surface area contributed by atoms with E-state index in [-0.39, 0.29) is 0 Å². The van der Waals surface area contributed by atoms with Crippen LogP contribution in [0, 0.1) is 0 Å². The van der Waals surface area contributed by atoms with Crippen LogP contribution in [0.4, 0.5) is 0 Å². The van der Waals surface area contributed by atoms with Crippen molar-refractivity contribution in [2.24, 2.45) is 0 Å². The van der Waals surface area contributed by atoms with Crippen LogP contribution >= 0.6 is 0 Å². The third kappa shape index (κ3) is 3.33. The summed E-state index contributed by atoms with van der Waals surface area (Å²) in [5, 5.41) is 17.4. The molecule has 0 unspecified atom stereocenters. The minimum Gasteiger partial charge on any atom is -0.247 e. The van der Waals surface area contributed by atoms with E-state index in [1.54, 1.807) is 0 Å². The highest BCUT2D eigenvalue weighted by atomic mass is 15.4. The van der Waals surface area contributed by atoms with Crippen molar-refractivity contribution in [1.29, 1.82) is 0 Å². The molecule has 0 bridgehead atoms. The van der Waals surface area contributed by atoms with Gasteiger partial charge in [0.05, 0.1) is 29.8 Å². The van der Waals surface area contributed by atoms with Crippen LogP contribution in [-0.4, -0.2) is 30.0 Å². The van der Waals surface area contributed by atoms with Gasteiger partial charge >= 0.3 is 0 Å². The molecular formula is C22H22N6. The van der Waals surface area contributed by atoms with Crippen LogP contribution in [-0.2, 0) is 19.4 Å². The van der Waals surface area contributed by atoms with Gasteiger partial charge in [-0.25, -0.2) is 9.36 Å². The molecule has 140 valence electrons. The zero-order valence-corrected chi connectivity index (χ0v) is 15.7. The molecular weight excluding hydrogens is 348 g/mol. The number of aromatic nitrogens is 6. The van der Waals surface area contributed by atoms with E-state index in [4.69, 9.17) is 0 Å². The monoisotopic (exact) mass is 370 g/mol. The average Bonchev–Trinajstić information content (AvgIpc) is 3.30. The summed E-state index contributed by atoms with van der Waals surface area (Å²) in [4.78, 5) is 0. The van der Waals surface area contributed by atoms with E-state index in [1.807, 2.05) is 45.9 Å². The fourth-order valence-electron chi connectivity index (χ4n) is 3.79. The van der Waals surface area contributed by atoms with Gasteiger partial charge in [-0.3, -0.25) is 0 Å². The summed E-state index contributed by atoms with van der Waals surface area (Å²) in [6.45, 7) is 0.690. The van der Waals surface area contributed by atoms with Crippen LogP contribution in [0.1, 0.15) is 36.2 Å². The summed E-state index contributed by atoms with van der Waals surface area (Å²) in [5.41, 5.74) is 6.66. The third-order valence-electron chi connectivity index (χ3n) is 5.30. The largest absolute Gasteiger partial charge is 0.247 e. The molecule has 0 spiro atoms. The highest BCUT2D eigenvalue weighted by Crippen LogP contribution is 2.22. The van der Waals surface area contributed by atoms with Gasteiger partial charge < -0.3 is 0 Å². The van der Waals surface area contributed by atoms with E-state index in [2.05, 4.69) is 44.9 Å². The first-order valence-corrected chi connectivity index (χ1v) is 9.85. The second-order valence-corrected chi connectivity index (χ2v) is 7.29. The predicted octanol–water partition coefficient (Wildman–Crippen LogP) is 3.84. The maximum atomic E-state index is 4.41. The molecule has 2 aromatic heterocycles. The van der Waals surface area contributed by atoms with Crippen molar-refractivity contribution in [2.45, 2.75) is 38.6 Å². The SMILES string of the molecule is c1ccc(-c2cn(Cc3ccc(-n4nnc5c4CCCCC5)cc3)nn2)cc1. The van der Waals surface area contributed by atoms with Gasteiger partial charge in [-0.1, -0.05) is 59.3 Å². The van der Waals surface area contributed by atoms with E-state index >= 15 is 0 Å². The van der Waals surface area contributed by atoms with Gasteiger partial charge in [-0.15, -0.1) is 10.2 Å². The third-order valence-corrected chi connectivity index (χ3v) is 5.30. The molecule has 1 aliphatic rings. The predicted molar refractivity (Wildman–Crippen MR) is 107 cm³/mol. The first-order chi connectivity index (χ1) is 13.9. The van der Waals surface area contributed by atoms with Crippen molar-refractivity contribution >= 4 is 0 Å². The second-order valence-electron chi connectivity index (χ2n) is 7.29. The van der Waals surface area contributed by atoms with Crippen LogP contribution in [0.3, 0.4) is 0 Å². The summed E-state index contributed by atoms with van der Waals surface area (Å²) < 4.78 is 3.88. The van der Waals surface area contributed by atoms with Gasteiger partial charge in [-0.2, -0.15) is 0 Å². The van der Waals surface area contributed by atoms with Gasteiger partial charge in [0.25, 0.3) is 0 Å². The van der Waals surface area contributed by atoms with E-state index in [0.717, 1.165) is 35.5 Å². The smallest absolute Gasteiger partial charge is 0.113 e. The molecule has 0 amide bonds. The van der Waals surface area contributed by atoms with Gasteiger partial charge in [0.15, 0.2) is 0 Å². The molecule has 5 rings (SSSR count). The summed E-state index contributed by atoms with van der Waals surface area (Å²) in [6, 6.07) is 18.6. The zero-order chi connectivity index (χ0) is 18.8. The Morgan fingerprint density at radius 2 is 1.61 bits per heavy atom. The molecule has 2 heterocycles. The van der Waals surface area contributed by atoms with Crippen LogP contribution in [0.15, 0.2) is 60.8 Å². The number of hydrogen-bond acceptors (Lipinski definition) is 4. The van der Waals surface area contributed by atoms with E-state index in [9.17, 15) is 0 Å². The molecule has 6 heteroatoms. The van der Waals surface area contributed by atoms with Crippen molar-refractivity contribution in [3.63, 3.8) is 0 Å². The fraction of sp³-hybridized carbons (Fsp3) is 0.273. The molecule has 0 saturated carbocycles. The second kappa shape index (κ2) is 7.38. The first-order valence-electron chi connectivity index (χ1n) is 9.85. The molecule has 28 heavy (non-hydrogen) atoms. The van der Waals surface area contributed by atoms with Gasteiger partial charge in [0.2, 0.25) is 0 Å². The number of aryl methyl sites for hydroxylation is 1. The number of rotatable bonds is 4. The average molecular weight is 370 g/mol. The van der Waals surface area contributed by atoms with Crippen molar-refractivity contribution in [3.05, 3.63) is 77.7 Å². The topological polar surface area (TPSA) is 61.4 Å². The molecule has 0 radical (unpaired) electrons. The Hall–Kier alpha value is -3.28. The standard InChI is InChI=1S/C22H22N6/c1-3-7-18(8-4-1)21-16-27(25-24-21)15-17-11-13-19(14-12-17)28-22-10-6-2-5-9-20(22)23-26-28/h1,3-4,7-8,11-14,16H,2,5-6,9-10,15H2. The first kappa shape index (κ1) is 16.9. The Balaban J connectivity index is 1.34. The fourth-order valence-corrected chi connectivity index (χ4v) is 3.79. The summed E-state index contributed by atoms with van der Waals surface area (Å²) >= 11 is 0. The van der Waals surface area contributed by atoms with Gasteiger partial charge in [-0.05, 0) is 43.4 Å². The molecule has 6 nitrogen and oxygen atoms in total. The van der Waals surface area contributed by atoms with Crippen LogP contribution in [0.2, 0.25) is 0 Å². The molecule has 0 fully saturated rings. The normalized spacial score (nSPS) is 13.9. The Labute approximate surface area is 163 Å². The Morgan fingerprint density at radius 3 is 2.46 bits per heavy atom. The molecule has 4 aromatic rings. The van der Waals surface area contributed by atoms with Gasteiger partial charge in [0, 0.05) is 5.56 Å². The maximum absolute atomic E-state index is 4.41. The van der Waals surface area contributed by atoms with Crippen molar-refractivity contribution in [3.8, 4) is 16.9 Å². The molecule has 0 N–H and O–H groups in total.